The molecule has 3 rings (SSSR count). The summed E-state index contributed by atoms with van der Waals surface area (Å²) in [6.45, 7) is 0.383. The average molecular weight is 270 g/mol. The molecule has 2 aliphatic rings. The molecule has 2 fully saturated rings. The van der Waals surface area contributed by atoms with Crippen LogP contribution in [-0.2, 0) is 4.79 Å². The van der Waals surface area contributed by atoms with Crippen LogP contribution in [0.15, 0.2) is 12.1 Å². The minimum absolute atomic E-state index is 0.0708. The van der Waals surface area contributed by atoms with Crippen LogP contribution >= 0.6 is 0 Å². The van der Waals surface area contributed by atoms with Crippen LogP contribution in [0.1, 0.15) is 19.3 Å². The van der Waals surface area contributed by atoms with Crippen molar-refractivity contribution in [3.8, 4) is 0 Å². The number of halogens is 3. The van der Waals surface area contributed by atoms with Gasteiger partial charge in [-0.2, -0.15) is 0 Å². The first-order valence-corrected chi connectivity index (χ1v) is 6.28. The molecule has 3 nitrogen and oxygen atoms in total. The van der Waals surface area contributed by atoms with Crippen LogP contribution in [0.3, 0.4) is 0 Å². The maximum absolute atomic E-state index is 13.2. The lowest BCUT2D eigenvalue weighted by molar-refractivity contribution is -0.118. The van der Waals surface area contributed by atoms with E-state index in [0.717, 1.165) is 25.0 Å². The molecule has 1 atom stereocenters. The van der Waals surface area contributed by atoms with Gasteiger partial charge in [0.1, 0.15) is 0 Å². The van der Waals surface area contributed by atoms with Gasteiger partial charge in [-0.05, 0) is 19.3 Å². The van der Waals surface area contributed by atoms with E-state index in [9.17, 15) is 18.0 Å². The molecule has 0 spiro atoms. The monoisotopic (exact) mass is 270 g/mol. The highest BCUT2D eigenvalue weighted by atomic mass is 19.2. The minimum atomic E-state index is -1.51. The Bertz CT molecular complexity index is 508. The van der Waals surface area contributed by atoms with Crippen LogP contribution in [-0.4, -0.2) is 24.5 Å². The Morgan fingerprint density at radius 3 is 2.32 bits per heavy atom. The molecule has 1 unspecified atom stereocenters. The molecule has 6 heteroatoms. The standard InChI is InChI=1S/C13H13F3N2O/c14-9-5-8(6-10(15)12(9)16)18-4-3-11(13(18)19)17-7-1-2-7/h5-7,11,17H,1-4H2. The molecule has 1 aromatic carbocycles. The lowest BCUT2D eigenvalue weighted by atomic mass is 10.2. The van der Waals surface area contributed by atoms with Crippen molar-refractivity contribution >= 4 is 11.6 Å². The number of carbonyl (C=O) groups excluding carboxylic acids is 1. The number of carbonyl (C=O) groups is 1. The molecule has 1 aliphatic carbocycles. The Hall–Kier alpha value is -1.56. The number of nitrogens with zero attached hydrogens (tertiary/aromatic N) is 1. The molecular formula is C13H13F3N2O. The number of amides is 1. The number of rotatable bonds is 3. The first kappa shape index (κ1) is 12.5. The molecule has 1 N–H and O–H groups in total. The van der Waals surface area contributed by atoms with Crippen LogP contribution in [0.5, 0.6) is 0 Å². The Labute approximate surface area is 108 Å². The van der Waals surface area contributed by atoms with Gasteiger partial charge in [0.05, 0.1) is 6.04 Å². The second kappa shape index (κ2) is 4.52. The average Bonchev–Trinajstić information content (AvgIpc) is 3.11. The number of anilines is 1. The summed E-state index contributed by atoms with van der Waals surface area (Å²) in [5, 5.41) is 3.19. The Balaban J connectivity index is 1.80. The number of nitrogens with one attached hydrogen (secondary N) is 1. The first-order chi connectivity index (χ1) is 9.06. The Kier molecular flexibility index (Phi) is 2.97. The van der Waals surface area contributed by atoms with Gasteiger partial charge in [0.2, 0.25) is 5.91 Å². The van der Waals surface area contributed by atoms with Gasteiger partial charge in [0.25, 0.3) is 0 Å². The van der Waals surface area contributed by atoms with Crippen LogP contribution < -0.4 is 10.2 Å². The molecule has 1 aliphatic heterocycles. The summed E-state index contributed by atoms with van der Waals surface area (Å²) < 4.78 is 39.2. The van der Waals surface area contributed by atoms with Crippen LogP contribution in [0, 0.1) is 17.5 Å². The highest BCUT2D eigenvalue weighted by Gasteiger charge is 2.36. The Morgan fingerprint density at radius 1 is 1.11 bits per heavy atom. The highest BCUT2D eigenvalue weighted by molar-refractivity contribution is 5.99. The second-order valence-electron chi connectivity index (χ2n) is 5.00. The molecule has 102 valence electrons. The van der Waals surface area contributed by atoms with Crippen molar-refractivity contribution in [3.63, 3.8) is 0 Å². The molecule has 1 amide bonds. The van der Waals surface area contributed by atoms with E-state index in [4.69, 9.17) is 0 Å². The molecule has 0 aromatic heterocycles. The predicted octanol–water partition coefficient (Wildman–Crippen LogP) is 1.96. The van der Waals surface area contributed by atoms with Crippen LogP contribution in [0.4, 0.5) is 18.9 Å². The fraction of sp³-hybridized carbons (Fsp3) is 0.462. The van der Waals surface area contributed by atoms with Gasteiger partial charge < -0.3 is 10.2 Å². The van der Waals surface area contributed by atoms with Crippen molar-refractivity contribution < 1.29 is 18.0 Å². The van der Waals surface area contributed by atoms with Crippen molar-refractivity contribution in [1.29, 1.82) is 0 Å². The van der Waals surface area contributed by atoms with Crippen molar-refractivity contribution in [1.82, 2.24) is 5.32 Å². The number of benzene rings is 1. The molecule has 0 radical (unpaired) electrons. The third kappa shape index (κ3) is 2.32. The largest absolute Gasteiger partial charge is 0.311 e. The fourth-order valence-corrected chi connectivity index (χ4v) is 2.32. The van der Waals surface area contributed by atoms with Gasteiger partial charge in [-0.3, -0.25) is 4.79 Å². The normalized spacial score (nSPS) is 23.2. The van der Waals surface area contributed by atoms with Gasteiger partial charge in [0.15, 0.2) is 17.5 Å². The van der Waals surface area contributed by atoms with Gasteiger partial charge in [0, 0.05) is 30.4 Å². The molecule has 19 heavy (non-hydrogen) atoms. The quantitative estimate of drug-likeness (QED) is 0.852. The molecule has 0 bridgehead atoms. The first-order valence-electron chi connectivity index (χ1n) is 6.28. The zero-order valence-corrected chi connectivity index (χ0v) is 10.1. The Morgan fingerprint density at radius 2 is 1.74 bits per heavy atom. The van der Waals surface area contributed by atoms with Crippen LogP contribution in [0.2, 0.25) is 0 Å². The van der Waals surface area contributed by atoms with Gasteiger partial charge in [-0.25, -0.2) is 13.2 Å². The van der Waals surface area contributed by atoms with Gasteiger partial charge >= 0.3 is 0 Å². The molecule has 1 aromatic rings. The maximum atomic E-state index is 13.2. The molecular weight excluding hydrogens is 257 g/mol. The summed E-state index contributed by atoms with van der Waals surface area (Å²) in [5.41, 5.74) is 0.0708. The van der Waals surface area contributed by atoms with E-state index in [-0.39, 0.29) is 17.6 Å². The van der Waals surface area contributed by atoms with Crippen LogP contribution in [0.25, 0.3) is 0 Å². The van der Waals surface area contributed by atoms with Gasteiger partial charge in [-0.1, -0.05) is 0 Å². The summed E-state index contributed by atoms with van der Waals surface area (Å²) in [6.07, 6.45) is 2.71. The van der Waals surface area contributed by atoms with Crippen molar-refractivity contribution in [2.45, 2.75) is 31.3 Å². The number of hydrogen-bond acceptors (Lipinski definition) is 2. The second-order valence-corrected chi connectivity index (χ2v) is 5.00. The lowest BCUT2D eigenvalue weighted by Crippen LogP contribution is -2.39. The van der Waals surface area contributed by atoms with E-state index in [1.807, 2.05) is 0 Å². The molecule has 1 saturated heterocycles. The molecule has 1 heterocycles. The summed E-state index contributed by atoms with van der Waals surface area (Å²) in [5.74, 6) is -4.27. The van der Waals surface area contributed by atoms with E-state index >= 15 is 0 Å². The summed E-state index contributed by atoms with van der Waals surface area (Å²) >= 11 is 0. The van der Waals surface area contributed by atoms with Crippen molar-refractivity contribution in [2.75, 3.05) is 11.4 Å². The predicted molar refractivity (Wildman–Crippen MR) is 63.2 cm³/mol. The van der Waals surface area contributed by atoms with E-state index in [1.54, 1.807) is 0 Å². The highest BCUT2D eigenvalue weighted by Crippen LogP contribution is 2.27. The zero-order valence-electron chi connectivity index (χ0n) is 10.1. The van der Waals surface area contributed by atoms with Crippen molar-refractivity contribution in [2.24, 2.45) is 0 Å². The third-order valence-corrected chi connectivity index (χ3v) is 3.50. The smallest absolute Gasteiger partial charge is 0.244 e. The SMILES string of the molecule is O=C1C(NC2CC2)CCN1c1cc(F)c(F)c(F)c1. The molecule has 1 saturated carbocycles. The summed E-state index contributed by atoms with van der Waals surface area (Å²) in [7, 11) is 0. The summed E-state index contributed by atoms with van der Waals surface area (Å²) in [6, 6.07) is 1.80. The van der Waals surface area contributed by atoms with Gasteiger partial charge in [-0.15, -0.1) is 0 Å². The minimum Gasteiger partial charge on any atom is -0.311 e. The zero-order chi connectivity index (χ0) is 13.6. The topological polar surface area (TPSA) is 32.3 Å². The van der Waals surface area contributed by atoms with Crippen molar-refractivity contribution in [3.05, 3.63) is 29.6 Å². The maximum Gasteiger partial charge on any atom is 0.244 e. The lowest BCUT2D eigenvalue weighted by Gasteiger charge is -2.17. The fourth-order valence-electron chi connectivity index (χ4n) is 2.32. The van der Waals surface area contributed by atoms with E-state index in [0.29, 0.717) is 19.0 Å². The van der Waals surface area contributed by atoms with E-state index in [1.165, 1.54) is 4.90 Å². The van der Waals surface area contributed by atoms with E-state index in [2.05, 4.69) is 5.32 Å². The number of hydrogen-bond donors (Lipinski definition) is 1. The van der Waals surface area contributed by atoms with E-state index < -0.39 is 17.5 Å². The summed E-state index contributed by atoms with van der Waals surface area (Å²) in [4.78, 5) is 13.4. The third-order valence-electron chi connectivity index (χ3n) is 3.50.